The first kappa shape index (κ1) is 13.1. The highest BCUT2D eigenvalue weighted by atomic mass is 35.5. The van der Waals surface area contributed by atoms with Crippen molar-refractivity contribution >= 4 is 17.5 Å². The molecule has 1 atom stereocenters. The molecule has 1 amide bonds. The van der Waals surface area contributed by atoms with Gasteiger partial charge in [-0.15, -0.1) is 11.6 Å². The van der Waals surface area contributed by atoms with Gasteiger partial charge in [-0.05, 0) is 17.9 Å². The standard InChI is InChI=1S/C12H18ClNO2/c1-12(2,3)6-10(13)7-14-11(15)9-4-5-16-8-9/h4-5,8,10H,6-7H2,1-3H3,(H,14,15). The molecule has 0 spiro atoms. The van der Waals surface area contributed by atoms with E-state index in [-0.39, 0.29) is 16.7 Å². The van der Waals surface area contributed by atoms with E-state index in [0.717, 1.165) is 6.42 Å². The van der Waals surface area contributed by atoms with Gasteiger partial charge in [0.15, 0.2) is 0 Å². The summed E-state index contributed by atoms with van der Waals surface area (Å²) in [4.78, 5) is 11.5. The zero-order valence-electron chi connectivity index (χ0n) is 9.92. The van der Waals surface area contributed by atoms with Gasteiger partial charge in [-0.2, -0.15) is 0 Å². The molecule has 0 aliphatic rings. The lowest BCUT2D eigenvalue weighted by Crippen LogP contribution is -2.31. The van der Waals surface area contributed by atoms with Crippen molar-refractivity contribution in [3.05, 3.63) is 24.2 Å². The maximum atomic E-state index is 11.5. The third-order valence-electron chi connectivity index (χ3n) is 2.10. The summed E-state index contributed by atoms with van der Waals surface area (Å²) >= 11 is 6.13. The van der Waals surface area contributed by atoms with Crippen molar-refractivity contribution in [3.63, 3.8) is 0 Å². The van der Waals surface area contributed by atoms with Crippen LogP contribution >= 0.6 is 11.6 Å². The van der Waals surface area contributed by atoms with Crippen molar-refractivity contribution in [2.75, 3.05) is 6.54 Å². The van der Waals surface area contributed by atoms with Gasteiger partial charge in [-0.1, -0.05) is 20.8 Å². The summed E-state index contributed by atoms with van der Waals surface area (Å²) in [5.41, 5.74) is 0.701. The summed E-state index contributed by atoms with van der Waals surface area (Å²) in [6.07, 6.45) is 3.75. The van der Waals surface area contributed by atoms with Crippen LogP contribution in [0, 0.1) is 5.41 Å². The van der Waals surface area contributed by atoms with Gasteiger partial charge in [-0.25, -0.2) is 0 Å². The molecule has 0 bridgehead atoms. The molecule has 0 aliphatic carbocycles. The Hall–Kier alpha value is -0.960. The van der Waals surface area contributed by atoms with E-state index in [0.29, 0.717) is 12.1 Å². The number of furan rings is 1. The van der Waals surface area contributed by atoms with Crippen molar-refractivity contribution in [2.24, 2.45) is 5.41 Å². The van der Waals surface area contributed by atoms with Crippen LogP contribution in [0.25, 0.3) is 0 Å². The molecule has 1 aromatic heterocycles. The van der Waals surface area contributed by atoms with Crippen LogP contribution in [0.5, 0.6) is 0 Å². The van der Waals surface area contributed by atoms with Crippen LogP contribution in [0.15, 0.2) is 23.0 Å². The first-order valence-electron chi connectivity index (χ1n) is 5.33. The Bertz CT molecular complexity index is 327. The Balaban J connectivity index is 2.32. The minimum atomic E-state index is -0.145. The van der Waals surface area contributed by atoms with Crippen molar-refractivity contribution in [2.45, 2.75) is 32.6 Å². The number of halogens is 1. The zero-order valence-corrected chi connectivity index (χ0v) is 10.7. The Kier molecular flexibility index (Phi) is 4.42. The molecule has 0 fully saturated rings. The number of carbonyl (C=O) groups excluding carboxylic acids is 1. The van der Waals surface area contributed by atoms with Gasteiger partial charge < -0.3 is 9.73 Å². The fourth-order valence-corrected chi connectivity index (χ4v) is 1.98. The van der Waals surface area contributed by atoms with Gasteiger partial charge in [0.2, 0.25) is 0 Å². The predicted octanol–water partition coefficient (Wildman–Crippen LogP) is 3.05. The zero-order chi connectivity index (χ0) is 12.2. The lowest BCUT2D eigenvalue weighted by molar-refractivity contribution is 0.0951. The second-order valence-electron chi connectivity index (χ2n) is 5.08. The number of amides is 1. The highest BCUT2D eigenvalue weighted by Crippen LogP contribution is 2.23. The van der Waals surface area contributed by atoms with Crippen LogP contribution in [0.3, 0.4) is 0 Å². The largest absolute Gasteiger partial charge is 0.472 e. The van der Waals surface area contributed by atoms with Gasteiger partial charge in [0.1, 0.15) is 6.26 Å². The molecule has 1 heterocycles. The van der Waals surface area contributed by atoms with Crippen molar-refractivity contribution in [1.29, 1.82) is 0 Å². The van der Waals surface area contributed by atoms with Crippen LogP contribution in [0.2, 0.25) is 0 Å². The second kappa shape index (κ2) is 5.39. The topological polar surface area (TPSA) is 42.2 Å². The fourth-order valence-electron chi connectivity index (χ4n) is 1.44. The Labute approximate surface area is 101 Å². The van der Waals surface area contributed by atoms with Gasteiger partial charge in [0, 0.05) is 6.54 Å². The van der Waals surface area contributed by atoms with Crippen LogP contribution in [0.1, 0.15) is 37.6 Å². The van der Waals surface area contributed by atoms with Crippen LogP contribution in [-0.2, 0) is 0 Å². The Morgan fingerprint density at radius 2 is 2.25 bits per heavy atom. The van der Waals surface area contributed by atoms with Crippen molar-refractivity contribution < 1.29 is 9.21 Å². The normalized spacial score (nSPS) is 13.5. The highest BCUT2D eigenvalue weighted by Gasteiger charge is 2.17. The molecule has 90 valence electrons. The first-order chi connectivity index (χ1) is 7.38. The summed E-state index contributed by atoms with van der Waals surface area (Å²) < 4.78 is 4.83. The van der Waals surface area contributed by atoms with E-state index in [1.54, 1.807) is 6.07 Å². The number of hydrogen-bond acceptors (Lipinski definition) is 2. The SMILES string of the molecule is CC(C)(C)CC(Cl)CNC(=O)c1ccoc1. The first-order valence-corrected chi connectivity index (χ1v) is 5.76. The third kappa shape index (κ3) is 4.71. The molecule has 0 saturated heterocycles. The van der Waals surface area contributed by atoms with E-state index in [1.165, 1.54) is 12.5 Å². The molecule has 1 N–H and O–H groups in total. The number of nitrogens with one attached hydrogen (secondary N) is 1. The highest BCUT2D eigenvalue weighted by molar-refractivity contribution is 6.21. The quantitative estimate of drug-likeness (QED) is 0.826. The van der Waals surface area contributed by atoms with E-state index < -0.39 is 0 Å². The molecule has 1 rings (SSSR count). The number of rotatable bonds is 4. The molecule has 3 nitrogen and oxygen atoms in total. The fraction of sp³-hybridized carbons (Fsp3) is 0.583. The monoisotopic (exact) mass is 243 g/mol. The molecular weight excluding hydrogens is 226 g/mol. The molecular formula is C12H18ClNO2. The average Bonchev–Trinajstić information content (AvgIpc) is 2.64. The molecule has 1 aromatic rings. The summed E-state index contributed by atoms with van der Waals surface area (Å²) in [5, 5.41) is 2.73. The van der Waals surface area contributed by atoms with Crippen LogP contribution in [0.4, 0.5) is 0 Å². The Morgan fingerprint density at radius 3 is 2.75 bits per heavy atom. The van der Waals surface area contributed by atoms with Gasteiger partial charge >= 0.3 is 0 Å². The summed E-state index contributed by atoms with van der Waals surface area (Å²) in [5.74, 6) is -0.145. The van der Waals surface area contributed by atoms with Crippen LogP contribution in [-0.4, -0.2) is 17.8 Å². The number of hydrogen-bond donors (Lipinski definition) is 1. The number of alkyl halides is 1. The summed E-state index contributed by atoms with van der Waals surface area (Å²) in [7, 11) is 0. The van der Waals surface area contributed by atoms with E-state index in [9.17, 15) is 4.79 Å². The lowest BCUT2D eigenvalue weighted by Gasteiger charge is -2.21. The van der Waals surface area contributed by atoms with Crippen LogP contribution < -0.4 is 5.32 Å². The van der Waals surface area contributed by atoms with Gasteiger partial charge in [0.05, 0.1) is 17.2 Å². The second-order valence-corrected chi connectivity index (χ2v) is 5.70. The van der Waals surface area contributed by atoms with Gasteiger partial charge in [-0.3, -0.25) is 4.79 Å². The molecule has 0 saturated carbocycles. The minimum Gasteiger partial charge on any atom is -0.472 e. The van der Waals surface area contributed by atoms with E-state index >= 15 is 0 Å². The summed E-state index contributed by atoms with van der Waals surface area (Å²) in [6.45, 7) is 6.85. The molecule has 0 aliphatic heterocycles. The predicted molar refractivity (Wildman–Crippen MR) is 64.8 cm³/mol. The maximum absolute atomic E-state index is 11.5. The molecule has 4 heteroatoms. The smallest absolute Gasteiger partial charge is 0.254 e. The molecule has 0 radical (unpaired) electrons. The lowest BCUT2D eigenvalue weighted by atomic mass is 9.90. The van der Waals surface area contributed by atoms with Crippen molar-refractivity contribution in [1.82, 2.24) is 5.32 Å². The Morgan fingerprint density at radius 1 is 1.56 bits per heavy atom. The molecule has 1 unspecified atom stereocenters. The number of carbonyl (C=O) groups is 1. The average molecular weight is 244 g/mol. The van der Waals surface area contributed by atoms with Gasteiger partial charge in [0.25, 0.3) is 5.91 Å². The minimum absolute atomic E-state index is 0.0455. The van der Waals surface area contributed by atoms with E-state index in [2.05, 4.69) is 26.1 Å². The molecule has 16 heavy (non-hydrogen) atoms. The summed E-state index contributed by atoms with van der Waals surface area (Å²) in [6, 6.07) is 1.63. The third-order valence-corrected chi connectivity index (χ3v) is 2.41. The maximum Gasteiger partial charge on any atom is 0.254 e. The van der Waals surface area contributed by atoms with Crippen molar-refractivity contribution in [3.8, 4) is 0 Å². The molecule has 0 aromatic carbocycles. The van der Waals surface area contributed by atoms with E-state index in [4.69, 9.17) is 16.0 Å². The van der Waals surface area contributed by atoms with E-state index in [1.807, 2.05) is 0 Å².